The first-order valence-corrected chi connectivity index (χ1v) is 8.53. The number of aromatic nitrogens is 2. The van der Waals surface area contributed by atoms with Crippen LogP contribution in [0.4, 0.5) is 0 Å². The van der Waals surface area contributed by atoms with Crippen molar-refractivity contribution in [3.05, 3.63) is 64.5 Å². The van der Waals surface area contributed by atoms with Gasteiger partial charge in [0.1, 0.15) is 12.4 Å². The lowest BCUT2D eigenvalue weighted by Gasteiger charge is -2.16. The Morgan fingerprint density at radius 1 is 1.15 bits per heavy atom. The quantitative estimate of drug-likeness (QED) is 0.786. The lowest BCUT2D eigenvalue weighted by molar-refractivity contribution is 0.0957. The summed E-state index contributed by atoms with van der Waals surface area (Å²) in [5.41, 5.74) is 5.97. The number of hydrogen-bond donors (Lipinski definition) is 1. The van der Waals surface area contributed by atoms with Gasteiger partial charge >= 0.3 is 0 Å². The number of ether oxygens (including phenoxy) is 1. The molecule has 0 fully saturated rings. The number of fused-ring (bicyclic) bond motifs is 1. The maximum atomic E-state index is 12.3. The molecule has 4 rings (SSSR count). The molecule has 0 saturated heterocycles. The van der Waals surface area contributed by atoms with Gasteiger partial charge in [-0.2, -0.15) is 4.98 Å². The molecule has 2 heterocycles. The molecule has 0 atom stereocenters. The second-order valence-corrected chi connectivity index (χ2v) is 6.40. The molecule has 0 aliphatic carbocycles. The van der Waals surface area contributed by atoms with Crippen molar-refractivity contribution in [2.45, 2.75) is 20.3 Å². The van der Waals surface area contributed by atoms with Gasteiger partial charge in [0.05, 0.1) is 12.1 Å². The molecule has 1 amide bonds. The number of nitrogens with one attached hydrogen (secondary N) is 1. The zero-order valence-electron chi connectivity index (χ0n) is 14.7. The molecule has 1 N–H and O–H groups in total. The normalized spacial score (nSPS) is 13.5. The maximum Gasteiger partial charge on any atom is 0.255 e. The molecular formula is C20H19N3O3. The van der Waals surface area contributed by atoms with Crippen molar-refractivity contribution >= 4 is 5.91 Å². The van der Waals surface area contributed by atoms with Crippen LogP contribution in [0, 0.1) is 13.8 Å². The third kappa shape index (κ3) is 2.94. The van der Waals surface area contributed by atoms with Crippen molar-refractivity contribution in [2.75, 3.05) is 13.2 Å². The van der Waals surface area contributed by atoms with E-state index in [0.717, 1.165) is 34.2 Å². The van der Waals surface area contributed by atoms with Gasteiger partial charge in [0.25, 0.3) is 5.91 Å². The number of amides is 1. The lowest BCUT2D eigenvalue weighted by Crippen LogP contribution is -2.24. The summed E-state index contributed by atoms with van der Waals surface area (Å²) in [5.74, 6) is 1.20. The molecule has 6 nitrogen and oxygen atoms in total. The van der Waals surface area contributed by atoms with E-state index >= 15 is 0 Å². The van der Waals surface area contributed by atoms with Crippen molar-refractivity contribution in [3.63, 3.8) is 0 Å². The van der Waals surface area contributed by atoms with Crippen molar-refractivity contribution in [1.29, 1.82) is 0 Å². The first-order chi connectivity index (χ1) is 12.6. The van der Waals surface area contributed by atoms with Gasteiger partial charge in [-0.25, -0.2) is 0 Å². The van der Waals surface area contributed by atoms with Gasteiger partial charge in [0.2, 0.25) is 12.2 Å². The average Bonchev–Trinajstić information content (AvgIpc) is 3.12. The van der Waals surface area contributed by atoms with Crippen LogP contribution in [0.15, 0.2) is 41.2 Å². The predicted molar refractivity (Wildman–Crippen MR) is 96.3 cm³/mol. The Morgan fingerprint density at radius 3 is 2.69 bits per heavy atom. The number of nitrogens with zero attached hydrogens (tertiary/aromatic N) is 2. The van der Waals surface area contributed by atoms with Crippen LogP contribution in [0.2, 0.25) is 0 Å². The lowest BCUT2D eigenvalue weighted by atomic mass is 9.93. The molecule has 0 bridgehead atoms. The minimum absolute atomic E-state index is 0.0747. The summed E-state index contributed by atoms with van der Waals surface area (Å²) in [6, 6.07) is 9.99. The fraction of sp³-hybridized carbons (Fsp3) is 0.250. The van der Waals surface area contributed by atoms with E-state index in [-0.39, 0.29) is 5.91 Å². The van der Waals surface area contributed by atoms with Crippen LogP contribution in [0.3, 0.4) is 0 Å². The van der Waals surface area contributed by atoms with Crippen molar-refractivity contribution in [2.24, 2.45) is 0 Å². The van der Waals surface area contributed by atoms with Crippen LogP contribution in [0.25, 0.3) is 11.4 Å². The Bertz CT molecular complexity index is 947. The summed E-state index contributed by atoms with van der Waals surface area (Å²) < 4.78 is 10.6. The Balaban J connectivity index is 1.66. The summed E-state index contributed by atoms with van der Waals surface area (Å²) in [4.78, 5) is 16.4. The van der Waals surface area contributed by atoms with E-state index < -0.39 is 0 Å². The van der Waals surface area contributed by atoms with Crippen LogP contribution in [0.1, 0.15) is 32.6 Å². The third-order valence-corrected chi connectivity index (χ3v) is 4.79. The molecule has 2 aromatic carbocycles. The Hall–Kier alpha value is -3.15. The van der Waals surface area contributed by atoms with E-state index in [1.165, 1.54) is 6.39 Å². The summed E-state index contributed by atoms with van der Waals surface area (Å²) in [7, 11) is 0. The fourth-order valence-corrected chi connectivity index (χ4v) is 3.20. The highest BCUT2D eigenvalue weighted by Gasteiger charge is 2.21. The van der Waals surface area contributed by atoms with Gasteiger partial charge in [-0.3, -0.25) is 4.79 Å². The smallest absolute Gasteiger partial charge is 0.255 e. The SMILES string of the molecule is Cc1c(Cc2ccc(-c3ncon3)cc2)cc2c(c1C)OCCNC2=O. The monoisotopic (exact) mass is 349 g/mol. The zero-order chi connectivity index (χ0) is 18.1. The molecule has 1 aliphatic rings. The molecule has 1 aromatic heterocycles. The summed E-state index contributed by atoms with van der Waals surface area (Å²) in [5, 5.41) is 6.72. The molecule has 1 aliphatic heterocycles. The molecule has 6 heteroatoms. The highest BCUT2D eigenvalue weighted by atomic mass is 16.5. The van der Waals surface area contributed by atoms with Gasteiger partial charge in [-0.1, -0.05) is 29.4 Å². The first kappa shape index (κ1) is 16.3. The average molecular weight is 349 g/mol. The number of carbonyl (C=O) groups is 1. The van der Waals surface area contributed by atoms with Gasteiger partial charge in [0, 0.05) is 5.56 Å². The van der Waals surface area contributed by atoms with Crippen LogP contribution in [0.5, 0.6) is 5.75 Å². The van der Waals surface area contributed by atoms with Crippen LogP contribution in [-0.2, 0) is 6.42 Å². The molecular weight excluding hydrogens is 330 g/mol. The molecule has 132 valence electrons. The van der Waals surface area contributed by atoms with E-state index in [1.807, 2.05) is 37.3 Å². The number of rotatable bonds is 3. The molecule has 0 saturated carbocycles. The predicted octanol–water partition coefficient (Wildman–Crippen LogP) is 3.07. The fourth-order valence-electron chi connectivity index (χ4n) is 3.20. The standard InChI is InChI=1S/C20H19N3O3/c1-12-13(2)18-17(20(24)21-7-8-25-18)10-16(12)9-14-3-5-15(6-4-14)19-22-11-26-23-19/h3-6,10-11H,7-9H2,1-2H3,(H,21,24). The molecule has 0 radical (unpaired) electrons. The molecule has 0 unspecified atom stereocenters. The number of hydrogen-bond acceptors (Lipinski definition) is 5. The number of carbonyl (C=O) groups excluding carboxylic acids is 1. The van der Waals surface area contributed by atoms with Gasteiger partial charge in [0.15, 0.2) is 0 Å². The minimum atomic E-state index is -0.0747. The van der Waals surface area contributed by atoms with Crippen molar-refractivity contribution in [3.8, 4) is 17.1 Å². The third-order valence-electron chi connectivity index (χ3n) is 4.79. The van der Waals surface area contributed by atoms with Crippen LogP contribution in [-0.4, -0.2) is 29.2 Å². The van der Waals surface area contributed by atoms with Gasteiger partial charge in [-0.05, 0) is 48.6 Å². The summed E-state index contributed by atoms with van der Waals surface area (Å²) in [6.45, 7) is 5.11. The first-order valence-electron chi connectivity index (χ1n) is 8.53. The Labute approximate surface area is 151 Å². The van der Waals surface area contributed by atoms with E-state index in [9.17, 15) is 4.79 Å². The topological polar surface area (TPSA) is 77.2 Å². The number of benzene rings is 2. The van der Waals surface area contributed by atoms with Crippen molar-refractivity contribution < 1.29 is 14.1 Å². The Kier molecular flexibility index (Phi) is 4.16. The highest BCUT2D eigenvalue weighted by Crippen LogP contribution is 2.31. The second-order valence-electron chi connectivity index (χ2n) is 6.40. The zero-order valence-corrected chi connectivity index (χ0v) is 14.7. The molecule has 0 spiro atoms. The van der Waals surface area contributed by atoms with Crippen LogP contribution >= 0.6 is 0 Å². The second kappa shape index (κ2) is 6.63. The van der Waals surface area contributed by atoms with Gasteiger partial charge in [-0.15, -0.1) is 0 Å². The summed E-state index contributed by atoms with van der Waals surface area (Å²) >= 11 is 0. The molecule has 26 heavy (non-hydrogen) atoms. The Morgan fingerprint density at radius 2 is 1.96 bits per heavy atom. The largest absolute Gasteiger partial charge is 0.491 e. The van der Waals surface area contributed by atoms with Crippen molar-refractivity contribution in [1.82, 2.24) is 15.5 Å². The van der Waals surface area contributed by atoms with E-state index in [4.69, 9.17) is 9.26 Å². The van der Waals surface area contributed by atoms with Gasteiger partial charge < -0.3 is 14.6 Å². The van der Waals surface area contributed by atoms with E-state index in [1.54, 1.807) is 0 Å². The maximum absolute atomic E-state index is 12.3. The minimum Gasteiger partial charge on any atom is -0.491 e. The van der Waals surface area contributed by atoms with Crippen LogP contribution < -0.4 is 10.1 Å². The van der Waals surface area contributed by atoms with E-state index in [0.29, 0.717) is 30.3 Å². The highest BCUT2D eigenvalue weighted by molar-refractivity contribution is 5.98. The summed E-state index contributed by atoms with van der Waals surface area (Å²) in [6.07, 6.45) is 2.05. The van der Waals surface area contributed by atoms with E-state index in [2.05, 4.69) is 22.4 Å². The molecule has 3 aromatic rings.